The van der Waals surface area contributed by atoms with E-state index in [4.69, 9.17) is 22.4 Å². The van der Waals surface area contributed by atoms with Crippen molar-refractivity contribution in [3.8, 4) is 0 Å². The lowest BCUT2D eigenvalue weighted by atomic mass is 10.1. The van der Waals surface area contributed by atoms with Crippen LogP contribution >= 0.6 is 11.6 Å². The Balaban J connectivity index is 2.78. The maximum atomic E-state index is 8.89. The first kappa shape index (κ1) is 14.3. The average molecular weight is 257 g/mol. The third-order valence-electron chi connectivity index (χ3n) is 2.85. The molecular formula is C13H21ClN2O. The minimum Gasteiger partial charge on any atom is -0.398 e. The lowest BCUT2D eigenvalue weighted by Crippen LogP contribution is -2.32. The number of nitrogens with two attached hydrogens (primary N) is 1. The maximum Gasteiger partial charge on any atom is 0.0471 e. The number of aliphatic hydroxyl groups is 1. The van der Waals surface area contributed by atoms with E-state index in [0.717, 1.165) is 30.8 Å². The largest absolute Gasteiger partial charge is 0.398 e. The topological polar surface area (TPSA) is 49.5 Å². The highest BCUT2D eigenvalue weighted by atomic mass is 35.5. The zero-order chi connectivity index (χ0) is 12.8. The minimum atomic E-state index is 0.210. The number of hydrogen-bond donors (Lipinski definition) is 2. The molecule has 1 rings (SSSR count). The van der Waals surface area contributed by atoms with E-state index in [0.29, 0.717) is 11.1 Å². The number of nitrogen functional groups attached to an aromatic ring is 1. The van der Waals surface area contributed by atoms with Crippen LogP contribution < -0.4 is 5.73 Å². The molecule has 0 aliphatic carbocycles. The van der Waals surface area contributed by atoms with E-state index in [1.165, 1.54) is 0 Å². The molecule has 0 aromatic heterocycles. The molecule has 0 amide bonds. The van der Waals surface area contributed by atoms with E-state index in [1.54, 1.807) is 0 Å². The zero-order valence-corrected chi connectivity index (χ0v) is 11.2. The molecule has 17 heavy (non-hydrogen) atoms. The highest BCUT2D eigenvalue weighted by Crippen LogP contribution is 2.24. The lowest BCUT2D eigenvalue weighted by Gasteiger charge is -2.27. The Morgan fingerprint density at radius 1 is 1.41 bits per heavy atom. The fraction of sp³-hybridized carbons (Fsp3) is 0.538. The van der Waals surface area contributed by atoms with Gasteiger partial charge in [0.15, 0.2) is 0 Å². The molecule has 4 heteroatoms. The molecule has 0 aliphatic heterocycles. The molecule has 1 aromatic rings. The van der Waals surface area contributed by atoms with E-state index in [2.05, 4.69) is 18.7 Å². The number of rotatable bonds is 6. The van der Waals surface area contributed by atoms with Crippen molar-refractivity contribution in [1.82, 2.24) is 4.90 Å². The van der Waals surface area contributed by atoms with Gasteiger partial charge in [0.25, 0.3) is 0 Å². The average Bonchev–Trinajstić information content (AvgIpc) is 2.27. The molecular weight excluding hydrogens is 236 g/mol. The summed E-state index contributed by atoms with van der Waals surface area (Å²) in [6.45, 7) is 6.04. The molecule has 1 aromatic carbocycles. The molecule has 0 heterocycles. The Labute approximate surface area is 108 Å². The first-order valence-electron chi connectivity index (χ1n) is 5.94. The van der Waals surface area contributed by atoms with Crippen LogP contribution in [0.5, 0.6) is 0 Å². The van der Waals surface area contributed by atoms with Crippen LogP contribution in [0.1, 0.15) is 25.8 Å². The van der Waals surface area contributed by atoms with Gasteiger partial charge in [-0.15, -0.1) is 0 Å². The predicted octanol–water partition coefficient (Wildman–Crippen LogP) is 2.52. The van der Waals surface area contributed by atoms with Gasteiger partial charge in [0.1, 0.15) is 0 Å². The molecule has 0 unspecified atom stereocenters. The van der Waals surface area contributed by atoms with E-state index < -0.39 is 0 Å². The van der Waals surface area contributed by atoms with Crippen molar-refractivity contribution in [1.29, 1.82) is 0 Å². The van der Waals surface area contributed by atoms with Gasteiger partial charge in [-0.1, -0.05) is 17.7 Å². The number of aliphatic hydroxyl groups excluding tert-OH is 1. The Morgan fingerprint density at radius 2 is 2.12 bits per heavy atom. The fourth-order valence-corrected chi connectivity index (χ4v) is 1.98. The van der Waals surface area contributed by atoms with Crippen molar-refractivity contribution in [2.24, 2.45) is 0 Å². The first-order valence-corrected chi connectivity index (χ1v) is 6.31. The summed E-state index contributed by atoms with van der Waals surface area (Å²) in [5.41, 5.74) is 7.64. The van der Waals surface area contributed by atoms with E-state index in [1.807, 2.05) is 18.2 Å². The van der Waals surface area contributed by atoms with Crippen molar-refractivity contribution < 1.29 is 5.11 Å². The summed E-state index contributed by atoms with van der Waals surface area (Å²) in [5, 5.41) is 9.60. The second-order valence-electron chi connectivity index (χ2n) is 4.45. The van der Waals surface area contributed by atoms with Crippen LogP contribution in [-0.4, -0.2) is 29.2 Å². The Morgan fingerprint density at radius 3 is 2.65 bits per heavy atom. The quantitative estimate of drug-likeness (QED) is 0.769. The molecule has 0 saturated carbocycles. The Hall–Kier alpha value is -0.770. The summed E-state index contributed by atoms with van der Waals surface area (Å²) in [6, 6.07) is 5.98. The number of benzene rings is 1. The lowest BCUT2D eigenvalue weighted by molar-refractivity contribution is 0.185. The summed E-state index contributed by atoms with van der Waals surface area (Å²) in [7, 11) is 0. The SMILES string of the molecule is CC(C)N(CCCO)Cc1c(N)cccc1Cl. The van der Waals surface area contributed by atoms with Gasteiger partial charge >= 0.3 is 0 Å². The van der Waals surface area contributed by atoms with Gasteiger partial charge in [0, 0.05) is 42.0 Å². The summed E-state index contributed by atoms with van der Waals surface area (Å²) in [6.07, 6.45) is 0.766. The third kappa shape index (κ3) is 4.19. The van der Waals surface area contributed by atoms with Crippen molar-refractivity contribution in [2.75, 3.05) is 18.9 Å². The number of hydrogen-bond acceptors (Lipinski definition) is 3. The van der Waals surface area contributed by atoms with Gasteiger partial charge in [0.05, 0.1) is 0 Å². The molecule has 0 spiro atoms. The zero-order valence-electron chi connectivity index (χ0n) is 10.5. The van der Waals surface area contributed by atoms with E-state index in [-0.39, 0.29) is 6.61 Å². The summed E-state index contributed by atoms with van der Waals surface area (Å²) >= 11 is 6.16. The summed E-state index contributed by atoms with van der Waals surface area (Å²) < 4.78 is 0. The summed E-state index contributed by atoms with van der Waals surface area (Å²) in [5.74, 6) is 0. The smallest absolute Gasteiger partial charge is 0.0471 e. The fourth-order valence-electron chi connectivity index (χ4n) is 1.74. The molecule has 0 atom stereocenters. The third-order valence-corrected chi connectivity index (χ3v) is 3.20. The number of anilines is 1. The van der Waals surface area contributed by atoms with Gasteiger partial charge in [-0.3, -0.25) is 4.90 Å². The predicted molar refractivity (Wildman–Crippen MR) is 73.1 cm³/mol. The monoisotopic (exact) mass is 256 g/mol. The number of halogens is 1. The van der Waals surface area contributed by atoms with Gasteiger partial charge in [-0.05, 0) is 32.4 Å². The highest BCUT2D eigenvalue weighted by molar-refractivity contribution is 6.31. The van der Waals surface area contributed by atoms with E-state index in [9.17, 15) is 0 Å². The van der Waals surface area contributed by atoms with Crippen LogP contribution in [0.2, 0.25) is 5.02 Å². The number of nitrogens with zero attached hydrogens (tertiary/aromatic N) is 1. The first-order chi connectivity index (χ1) is 8.06. The molecule has 3 N–H and O–H groups in total. The minimum absolute atomic E-state index is 0.210. The molecule has 96 valence electrons. The Kier molecular flexibility index (Phi) is 5.75. The second kappa shape index (κ2) is 6.84. The van der Waals surface area contributed by atoms with Crippen LogP contribution in [0, 0.1) is 0 Å². The summed E-state index contributed by atoms with van der Waals surface area (Å²) in [4.78, 5) is 2.26. The van der Waals surface area contributed by atoms with Crippen molar-refractivity contribution in [3.63, 3.8) is 0 Å². The van der Waals surface area contributed by atoms with Crippen LogP contribution in [-0.2, 0) is 6.54 Å². The van der Waals surface area contributed by atoms with E-state index >= 15 is 0 Å². The van der Waals surface area contributed by atoms with Crippen LogP contribution in [0.3, 0.4) is 0 Å². The second-order valence-corrected chi connectivity index (χ2v) is 4.86. The van der Waals surface area contributed by atoms with Crippen LogP contribution in [0.4, 0.5) is 5.69 Å². The van der Waals surface area contributed by atoms with Crippen LogP contribution in [0.25, 0.3) is 0 Å². The molecule has 0 radical (unpaired) electrons. The van der Waals surface area contributed by atoms with Crippen molar-refractivity contribution in [2.45, 2.75) is 32.9 Å². The van der Waals surface area contributed by atoms with Gasteiger partial charge in [0.2, 0.25) is 0 Å². The van der Waals surface area contributed by atoms with Gasteiger partial charge < -0.3 is 10.8 Å². The normalized spacial score (nSPS) is 11.4. The standard InChI is InChI=1S/C13H21ClN2O/c1-10(2)16(7-4-8-17)9-11-12(14)5-3-6-13(11)15/h3,5-6,10,17H,4,7-9,15H2,1-2H3. The molecule has 0 aliphatic rings. The molecule has 0 saturated heterocycles. The van der Waals surface area contributed by atoms with Crippen molar-refractivity contribution in [3.05, 3.63) is 28.8 Å². The van der Waals surface area contributed by atoms with Crippen molar-refractivity contribution >= 4 is 17.3 Å². The van der Waals surface area contributed by atoms with Gasteiger partial charge in [-0.25, -0.2) is 0 Å². The van der Waals surface area contributed by atoms with Gasteiger partial charge in [-0.2, -0.15) is 0 Å². The Bertz CT molecular complexity index is 335. The molecule has 3 nitrogen and oxygen atoms in total. The highest BCUT2D eigenvalue weighted by Gasteiger charge is 2.13. The molecule has 0 fully saturated rings. The van der Waals surface area contributed by atoms with Crippen LogP contribution in [0.15, 0.2) is 18.2 Å². The maximum absolute atomic E-state index is 8.89. The molecule has 0 bridgehead atoms.